The van der Waals surface area contributed by atoms with Gasteiger partial charge in [0.2, 0.25) is 5.12 Å². The molecule has 19 heavy (non-hydrogen) atoms. The number of unbranched alkanes of at least 4 members (excludes halogenated alkanes) is 1. The molecule has 0 spiro atoms. The number of benzene rings is 1. The van der Waals surface area contributed by atoms with Crippen LogP contribution in [0.1, 0.15) is 36.5 Å². The third-order valence-electron chi connectivity index (χ3n) is 2.64. The van der Waals surface area contributed by atoms with Crippen LogP contribution in [-0.2, 0) is 0 Å². The summed E-state index contributed by atoms with van der Waals surface area (Å²) in [6.07, 6.45) is -1.34. The molecule has 0 aliphatic heterocycles. The summed E-state index contributed by atoms with van der Waals surface area (Å²) in [4.78, 5) is 11.7. The molecule has 0 aliphatic rings. The predicted molar refractivity (Wildman–Crippen MR) is 72.6 cm³/mol. The highest BCUT2D eigenvalue weighted by Crippen LogP contribution is 2.25. The Morgan fingerprint density at radius 1 is 1.26 bits per heavy atom. The average Bonchev–Trinajstić information content (AvgIpc) is 2.37. The van der Waals surface area contributed by atoms with Gasteiger partial charge in [0.15, 0.2) is 6.17 Å². The molecule has 0 bridgehead atoms. The SMILES string of the molecule is CC(F)(F)C(F)CCCCSC(=O)c1ccccc1. The topological polar surface area (TPSA) is 17.1 Å². The third-order valence-corrected chi connectivity index (χ3v) is 3.64. The molecule has 0 N–H and O–H groups in total. The van der Waals surface area contributed by atoms with Gasteiger partial charge in [-0.3, -0.25) is 4.79 Å². The lowest BCUT2D eigenvalue weighted by Crippen LogP contribution is -2.25. The Kier molecular flexibility index (Phi) is 6.42. The van der Waals surface area contributed by atoms with Crippen LogP contribution in [0.3, 0.4) is 0 Å². The molecule has 0 aromatic heterocycles. The van der Waals surface area contributed by atoms with E-state index in [0.29, 0.717) is 31.1 Å². The van der Waals surface area contributed by atoms with Crippen molar-refractivity contribution in [3.8, 4) is 0 Å². The molecule has 1 atom stereocenters. The molecule has 1 aromatic rings. The van der Waals surface area contributed by atoms with E-state index in [1.807, 2.05) is 6.07 Å². The molecule has 0 aliphatic carbocycles. The number of hydrogen-bond acceptors (Lipinski definition) is 2. The van der Waals surface area contributed by atoms with Crippen LogP contribution < -0.4 is 0 Å². The number of thioether (sulfide) groups is 1. The van der Waals surface area contributed by atoms with E-state index in [1.165, 1.54) is 0 Å². The maximum absolute atomic E-state index is 12.9. The minimum atomic E-state index is -3.27. The monoisotopic (exact) mass is 290 g/mol. The van der Waals surface area contributed by atoms with Crippen LogP contribution in [0.5, 0.6) is 0 Å². The normalized spacial score (nSPS) is 13.3. The minimum Gasteiger partial charge on any atom is -0.282 e. The molecule has 5 heteroatoms. The molecule has 1 rings (SSSR count). The Balaban J connectivity index is 2.17. The highest BCUT2D eigenvalue weighted by Gasteiger charge is 2.33. The van der Waals surface area contributed by atoms with Gasteiger partial charge in [-0.1, -0.05) is 42.1 Å². The van der Waals surface area contributed by atoms with Crippen LogP contribution >= 0.6 is 11.8 Å². The van der Waals surface area contributed by atoms with Gasteiger partial charge in [0, 0.05) is 18.2 Å². The Hall–Kier alpha value is -0.970. The van der Waals surface area contributed by atoms with Crippen LogP contribution in [0, 0.1) is 0 Å². The summed E-state index contributed by atoms with van der Waals surface area (Å²) in [5, 5.41) is -0.0433. The number of rotatable bonds is 7. The summed E-state index contributed by atoms with van der Waals surface area (Å²) in [5.74, 6) is -2.75. The Morgan fingerprint density at radius 3 is 2.47 bits per heavy atom. The van der Waals surface area contributed by atoms with Crippen molar-refractivity contribution in [2.75, 3.05) is 5.75 Å². The van der Waals surface area contributed by atoms with Crippen LogP contribution in [-0.4, -0.2) is 23.0 Å². The molecule has 1 unspecified atom stereocenters. The zero-order valence-corrected chi connectivity index (χ0v) is 11.6. The number of halogens is 3. The lowest BCUT2D eigenvalue weighted by Gasteiger charge is -2.15. The molecule has 0 heterocycles. The molecule has 106 valence electrons. The van der Waals surface area contributed by atoms with Crippen LogP contribution in [0.4, 0.5) is 13.2 Å². The molecular formula is C14H17F3OS. The van der Waals surface area contributed by atoms with Crippen molar-refractivity contribution in [1.82, 2.24) is 0 Å². The standard InChI is InChI=1S/C14H17F3OS/c1-14(16,17)12(15)9-5-6-10-19-13(18)11-7-3-2-4-8-11/h2-4,7-8,12H,5-6,9-10H2,1H3. The van der Waals surface area contributed by atoms with Gasteiger partial charge in [-0.15, -0.1) is 0 Å². The third kappa shape index (κ3) is 6.14. The second kappa shape index (κ2) is 7.58. The molecule has 0 saturated carbocycles. The number of carbonyl (C=O) groups is 1. The van der Waals surface area contributed by atoms with Crippen molar-refractivity contribution in [1.29, 1.82) is 0 Å². The number of alkyl halides is 3. The van der Waals surface area contributed by atoms with Crippen LogP contribution in [0.2, 0.25) is 0 Å². The van der Waals surface area contributed by atoms with Gasteiger partial charge in [-0.2, -0.15) is 0 Å². The van der Waals surface area contributed by atoms with E-state index in [0.717, 1.165) is 11.8 Å². The minimum absolute atomic E-state index is 0.0433. The quantitative estimate of drug-likeness (QED) is 0.676. The van der Waals surface area contributed by atoms with Gasteiger partial charge in [0.05, 0.1) is 0 Å². The maximum Gasteiger partial charge on any atom is 0.275 e. The summed E-state index contributed by atoms with van der Waals surface area (Å²) in [6.45, 7) is 0.589. The Labute approximate surface area is 115 Å². The van der Waals surface area contributed by atoms with Gasteiger partial charge in [0.1, 0.15) is 0 Å². The molecule has 0 fully saturated rings. The highest BCUT2D eigenvalue weighted by molar-refractivity contribution is 8.14. The molecule has 0 saturated heterocycles. The van der Waals surface area contributed by atoms with Gasteiger partial charge >= 0.3 is 0 Å². The average molecular weight is 290 g/mol. The number of carbonyl (C=O) groups excluding carboxylic acids is 1. The van der Waals surface area contributed by atoms with Crippen molar-refractivity contribution in [3.63, 3.8) is 0 Å². The number of hydrogen-bond donors (Lipinski definition) is 0. The highest BCUT2D eigenvalue weighted by atomic mass is 32.2. The summed E-state index contributed by atoms with van der Waals surface area (Å²) in [5.41, 5.74) is 0.621. The van der Waals surface area contributed by atoms with E-state index in [-0.39, 0.29) is 11.5 Å². The van der Waals surface area contributed by atoms with Crippen molar-refractivity contribution < 1.29 is 18.0 Å². The summed E-state index contributed by atoms with van der Waals surface area (Å²) in [6, 6.07) is 8.85. The van der Waals surface area contributed by atoms with E-state index in [1.54, 1.807) is 24.3 Å². The van der Waals surface area contributed by atoms with E-state index in [9.17, 15) is 18.0 Å². The second-order valence-electron chi connectivity index (χ2n) is 4.42. The predicted octanol–water partition coefficient (Wildman–Crippen LogP) is 4.72. The molecule has 1 aromatic carbocycles. The van der Waals surface area contributed by atoms with E-state index in [4.69, 9.17) is 0 Å². The summed E-state index contributed by atoms with van der Waals surface area (Å²) < 4.78 is 38.0. The van der Waals surface area contributed by atoms with E-state index < -0.39 is 12.1 Å². The fourth-order valence-electron chi connectivity index (χ4n) is 1.50. The second-order valence-corrected chi connectivity index (χ2v) is 5.49. The Bertz CT molecular complexity index is 389. The fourth-order valence-corrected chi connectivity index (χ4v) is 2.34. The molecular weight excluding hydrogens is 273 g/mol. The fraction of sp³-hybridized carbons (Fsp3) is 0.500. The first-order chi connectivity index (χ1) is 8.91. The van der Waals surface area contributed by atoms with Gasteiger partial charge in [-0.05, 0) is 19.3 Å². The molecule has 0 amide bonds. The first kappa shape index (κ1) is 16.1. The van der Waals surface area contributed by atoms with Crippen molar-refractivity contribution in [3.05, 3.63) is 35.9 Å². The van der Waals surface area contributed by atoms with Crippen LogP contribution in [0.25, 0.3) is 0 Å². The van der Waals surface area contributed by atoms with Gasteiger partial charge in [-0.25, -0.2) is 13.2 Å². The van der Waals surface area contributed by atoms with Crippen molar-refractivity contribution in [2.24, 2.45) is 0 Å². The zero-order chi connectivity index (χ0) is 14.3. The lowest BCUT2D eigenvalue weighted by atomic mass is 10.1. The smallest absolute Gasteiger partial charge is 0.275 e. The van der Waals surface area contributed by atoms with Crippen LogP contribution in [0.15, 0.2) is 30.3 Å². The van der Waals surface area contributed by atoms with E-state index in [2.05, 4.69) is 0 Å². The largest absolute Gasteiger partial charge is 0.282 e. The molecule has 0 radical (unpaired) electrons. The Morgan fingerprint density at radius 2 is 1.89 bits per heavy atom. The summed E-state index contributed by atoms with van der Waals surface area (Å²) in [7, 11) is 0. The van der Waals surface area contributed by atoms with Crippen molar-refractivity contribution >= 4 is 16.9 Å². The first-order valence-corrected chi connectivity index (χ1v) is 7.14. The summed E-state index contributed by atoms with van der Waals surface area (Å²) >= 11 is 1.14. The lowest BCUT2D eigenvalue weighted by molar-refractivity contribution is -0.0583. The first-order valence-electron chi connectivity index (χ1n) is 6.15. The van der Waals surface area contributed by atoms with E-state index >= 15 is 0 Å². The molecule has 1 nitrogen and oxygen atoms in total. The zero-order valence-electron chi connectivity index (χ0n) is 10.7. The van der Waals surface area contributed by atoms with Gasteiger partial charge < -0.3 is 0 Å². The van der Waals surface area contributed by atoms with Gasteiger partial charge in [0.25, 0.3) is 5.92 Å². The maximum atomic E-state index is 12.9. The van der Waals surface area contributed by atoms with Crippen molar-refractivity contribution in [2.45, 2.75) is 38.3 Å².